The number of aliphatic hydroxyl groups excluding tert-OH is 2. The molecule has 2 aromatic rings. The van der Waals surface area contributed by atoms with Gasteiger partial charge in [-0.25, -0.2) is 4.79 Å². The van der Waals surface area contributed by atoms with Gasteiger partial charge in [-0.15, -0.1) is 0 Å². The Kier molecular flexibility index (Phi) is 30.8. The summed E-state index contributed by atoms with van der Waals surface area (Å²) in [5.41, 5.74) is 44.5. The number of phenolic OH excluding ortho intramolecular Hbond substituents is 2. The van der Waals surface area contributed by atoms with E-state index in [9.17, 15) is 73.5 Å². The van der Waals surface area contributed by atoms with Crippen LogP contribution in [0.25, 0.3) is 0 Å². The fourth-order valence-corrected chi connectivity index (χ4v) is 7.64. The van der Waals surface area contributed by atoms with E-state index in [1.54, 1.807) is 0 Å². The number of hydrogen-bond acceptors (Lipinski definition) is 18. The summed E-state index contributed by atoms with van der Waals surface area (Å²) in [6, 6.07) is -1.50. The Morgan fingerprint density at radius 2 is 0.869 bits per heavy atom. The number of aromatic hydroxyl groups is 2. The predicted molar refractivity (Wildman–Crippen MR) is 303 cm³/mol. The molecule has 34 nitrogen and oxygen atoms in total. The van der Waals surface area contributed by atoms with Crippen molar-refractivity contribution in [2.24, 2.45) is 60.8 Å². The molecule has 2 aromatic carbocycles. The van der Waals surface area contributed by atoms with Crippen molar-refractivity contribution >= 4 is 77.0 Å². The number of phenols is 2. The van der Waals surface area contributed by atoms with Crippen LogP contribution in [0.15, 0.2) is 63.5 Å². The topological polar surface area (TPSA) is 613 Å². The first-order valence-corrected chi connectivity index (χ1v) is 26.3. The van der Waals surface area contributed by atoms with Gasteiger partial charge in [-0.05, 0) is 87.3 Å². The van der Waals surface area contributed by atoms with Gasteiger partial charge in [0.05, 0.1) is 25.3 Å². The molecule has 0 fully saturated rings. The molecule has 0 heterocycles. The van der Waals surface area contributed by atoms with Gasteiger partial charge in [-0.3, -0.25) is 58.1 Å². The van der Waals surface area contributed by atoms with E-state index in [-0.39, 0.29) is 94.0 Å². The third-order valence-corrected chi connectivity index (χ3v) is 12.1. The van der Waals surface area contributed by atoms with Crippen molar-refractivity contribution in [3.05, 3.63) is 59.7 Å². The monoisotopic (exact) mass is 1190 g/mol. The average Bonchev–Trinajstić information content (AvgIpc) is 3.50. The molecule has 9 amide bonds. The number of rotatable bonds is 38. The number of aliphatic imine (C=N–C) groups is 3. The minimum absolute atomic E-state index is 0.00613. The normalized spacial score (nSPS) is 14.0. The number of amides is 9. The van der Waals surface area contributed by atoms with Crippen LogP contribution in [0.2, 0.25) is 0 Å². The van der Waals surface area contributed by atoms with Gasteiger partial charge < -0.3 is 114 Å². The van der Waals surface area contributed by atoms with Gasteiger partial charge in [-0.2, -0.15) is 0 Å². The SMILES string of the molecule is C[C@@H](O)[C@H](NC(=O)CNC(=O)[C@H](Cc1ccc(O)cc1)NC(=O)[C@H](CCCN=C(N)N)NC(=O)[C@@H](N)CCCN=C(N)N)C(=O)N[C@@H](CO)C(=O)N[C@@H](CCCN=C(N)N)C(=O)N[C@@H](Cc1ccc(O)cc1)C(=O)N[C@@H](CCC(N)=O)C(=O)O. The molecule has 84 heavy (non-hydrogen) atoms. The standard InChI is InChI=1S/C50H79N19O15/c1-25(71)39(69-38(75)23-62-41(77)34(21-26-8-12-28(72)13-9-26)66-42(78)31(6-3-19-60-49(55)56)63-40(76)30(51)5-2-18-59-48(53)54)46(82)68-36(24-70)45(81)64-32(7-4-20-61-50(57)58)43(79)67-35(22-27-10-14-29(73)15-11-27)44(80)65-33(47(83)84)16-17-37(52)74/h8-15,25,30-36,39,70-73H,2-7,16-24,51H2,1H3,(H2,52,74)(H,62,77)(H,63,76)(H,64,81)(H,65,80)(H,66,78)(H,67,79)(H,68,82)(H,69,75)(H,83,84)(H4,53,54,59)(H4,55,56,60)(H4,57,58,61)/t25-,30+,31+,32+,33+,34+,35+,36+,39+/m1/s1. The lowest BCUT2D eigenvalue weighted by Gasteiger charge is -2.27. The molecule has 0 aliphatic rings. The molecule has 0 aromatic heterocycles. The number of aliphatic hydroxyl groups is 2. The summed E-state index contributed by atoms with van der Waals surface area (Å²) in [5, 5.41) is 69.4. The van der Waals surface area contributed by atoms with Gasteiger partial charge in [0.2, 0.25) is 53.2 Å². The van der Waals surface area contributed by atoms with Crippen molar-refractivity contribution in [1.29, 1.82) is 0 Å². The first-order chi connectivity index (χ1) is 39.6. The van der Waals surface area contributed by atoms with Crippen molar-refractivity contribution in [2.45, 2.75) is 126 Å². The highest BCUT2D eigenvalue weighted by atomic mass is 16.4. The number of carbonyl (C=O) groups excluding carboxylic acids is 9. The molecule has 29 N–H and O–H groups in total. The second-order valence-electron chi connectivity index (χ2n) is 19.1. The Bertz CT molecular complexity index is 2630. The first kappa shape index (κ1) is 70.5. The second kappa shape index (κ2) is 36.7. The lowest BCUT2D eigenvalue weighted by atomic mass is 10.0. The molecule has 0 spiro atoms. The highest BCUT2D eigenvalue weighted by Crippen LogP contribution is 2.15. The van der Waals surface area contributed by atoms with Crippen molar-refractivity contribution < 1.29 is 73.5 Å². The minimum Gasteiger partial charge on any atom is -0.508 e. The summed E-state index contributed by atoms with van der Waals surface area (Å²) >= 11 is 0. The van der Waals surface area contributed by atoms with Gasteiger partial charge in [0.1, 0.15) is 53.8 Å². The van der Waals surface area contributed by atoms with Crippen LogP contribution >= 0.6 is 0 Å². The fourth-order valence-electron chi connectivity index (χ4n) is 7.64. The zero-order valence-corrected chi connectivity index (χ0v) is 46.2. The fraction of sp³-hybridized carbons (Fsp3) is 0.500. The van der Waals surface area contributed by atoms with E-state index in [0.29, 0.717) is 17.5 Å². The smallest absolute Gasteiger partial charge is 0.326 e. The molecule has 9 atom stereocenters. The zero-order chi connectivity index (χ0) is 63.1. The van der Waals surface area contributed by atoms with Gasteiger partial charge >= 0.3 is 5.97 Å². The summed E-state index contributed by atoms with van der Waals surface area (Å²) in [6.45, 7) is -0.780. The van der Waals surface area contributed by atoms with Gasteiger partial charge in [0.15, 0.2) is 17.9 Å². The van der Waals surface area contributed by atoms with Gasteiger partial charge in [0, 0.05) is 38.9 Å². The molecular formula is C50H79N19O15. The van der Waals surface area contributed by atoms with E-state index < -0.39 is 140 Å². The Labute approximate surface area is 482 Å². The molecular weight excluding hydrogens is 1110 g/mol. The van der Waals surface area contributed by atoms with E-state index in [0.717, 1.165) is 6.92 Å². The largest absolute Gasteiger partial charge is 0.508 e. The van der Waals surface area contributed by atoms with Gasteiger partial charge in [0.25, 0.3) is 0 Å². The highest BCUT2D eigenvalue weighted by molar-refractivity contribution is 5.98. The Morgan fingerprint density at radius 3 is 1.29 bits per heavy atom. The van der Waals surface area contributed by atoms with E-state index >= 15 is 0 Å². The van der Waals surface area contributed by atoms with Crippen LogP contribution < -0.4 is 88.4 Å². The molecule has 464 valence electrons. The average molecular weight is 1190 g/mol. The van der Waals surface area contributed by atoms with Crippen LogP contribution in [0.1, 0.15) is 69.4 Å². The van der Waals surface area contributed by atoms with Crippen molar-refractivity contribution in [3.8, 4) is 11.5 Å². The first-order valence-electron chi connectivity index (χ1n) is 26.3. The molecule has 0 saturated heterocycles. The molecule has 2 rings (SSSR count). The molecule has 0 aliphatic carbocycles. The molecule has 34 heteroatoms. The minimum atomic E-state index is -1.89. The van der Waals surface area contributed by atoms with Crippen LogP contribution in [-0.2, 0) is 60.8 Å². The highest BCUT2D eigenvalue weighted by Gasteiger charge is 2.35. The summed E-state index contributed by atoms with van der Waals surface area (Å²) in [4.78, 5) is 144. The number of carboxylic acid groups (broad SMARTS) is 1. The van der Waals surface area contributed by atoms with Crippen LogP contribution in [0, 0.1) is 0 Å². The maximum atomic E-state index is 14.0. The number of nitrogens with one attached hydrogen (secondary N) is 8. The number of carboxylic acids is 1. The van der Waals surface area contributed by atoms with Crippen LogP contribution in [0.3, 0.4) is 0 Å². The summed E-state index contributed by atoms with van der Waals surface area (Å²) in [6.07, 6.45) is -2.76. The number of primary amides is 1. The maximum absolute atomic E-state index is 14.0. The van der Waals surface area contributed by atoms with E-state index in [1.165, 1.54) is 48.5 Å². The molecule has 0 saturated carbocycles. The predicted octanol–water partition coefficient (Wildman–Crippen LogP) is -8.40. The quantitative estimate of drug-likeness (QED) is 0.0169. The van der Waals surface area contributed by atoms with Crippen molar-refractivity contribution in [1.82, 2.24) is 42.5 Å². The number of nitrogens with two attached hydrogens (primary N) is 8. The zero-order valence-electron chi connectivity index (χ0n) is 46.2. The van der Waals surface area contributed by atoms with E-state index in [1.807, 2.05) is 0 Å². The van der Waals surface area contributed by atoms with Gasteiger partial charge in [-0.1, -0.05) is 24.3 Å². The van der Waals surface area contributed by atoms with E-state index in [4.69, 9.17) is 45.9 Å². The Morgan fingerprint density at radius 1 is 0.488 bits per heavy atom. The second-order valence-corrected chi connectivity index (χ2v) is 19.1. The summed E-state index contributed by atoms with van der Waals surface area (Å²) in [5.74, 6) is -11.5. The van der Waals surface area contributed by atoms with Crippen molar-refractivity contribution in [2.75, 3.05) is 32.8 Å². The Balaban J connectivity index is 2.34. The van der Waals surface area contributed by atoms with Crippen LogP contribution in [0.4, 0.5) is 0 Å². The number of aliphatic carboxylic acids is 1. The third-order valence-electron chi connectivity index (χ3n) is 12.1. The van der Waals surface area contributed by atoms with Crippen LogP contribution in [-0.4, -0.2) is 190 Å². The maximum Gasteiger partial charge on any atom is 0.326 e. The molecule has 0 radical (unpaired) electrons. The lowest BCUT2D eigenvalue weighted by molar-refractivity contribution is -0.142. The molecule has 0 unspecified atom stereocenters. The molecule has 0 aliphatic heterocycles. The third kappa shape index (κ3) is 27.7. The number of guanidine groups is 3. The molecule has 0 bridgehead atoms. The number of carbonyl (C=O) groups is 10. The number of nitrogens with zero attached hydrogens (tertiary/aromatic N) is 3. The summed E-state index contributed by atoms with van der Waals surface area (Å²) in [7, 11) is 0. The number of hydrogen-bond donors (Lipinski definition) is 21. The van der Waals surface area contributed by atoms with Crippen LogP contribution in [0.5, 0.6) is 11.5 Å². The number of benzene rings is 2. The Hall–Kier alpha value is -9.57. The van der Waals surface area contributed by atoms with E-state index in [2.05, 4.69) is 57.5 Å². The lowest BCUT2D eigenvalue weighted by Crippen LogP contribution is -2.61. The van der Waals surface area contributed by atoms with Crippen molar-refractivity contribution in [3.63, 3.8) is 0 Å². The summed E-state index contributed by atoms with van der Waals surface area (Å²) < 4.78 is 0.